The number of aromatic nitrogens is 1. The monoisotopic (exact) mass is 450 g/mol. The first-order valence-corrected chi connectivity index (χ1v) is 10.9. The average molecular weight is 451 g/mol. The van der Waals surface area contributed by atoms with Crippen LogP contribution in [0.1, 0.15) is 25.0 Å². The zero-order valence-electron chi connectivity index (χ0n) is 18.6. The van der Waals surface area contributed by atoms with E-state index in [1.54, 1.807) is 0 Å². The van der Waals surface area contributed by atoms with Crippen LogP contribution in [0, 0.1) is 5.92 Å². The van der Waals surface area contributed by atoms with Crippen molar-refractivity contribution < 1.29 is 29.3 Å². The molecule has 1 amide bonds. The summed E-state index contributed by atoms with van der Waals surface area (Å²) in [6, 6.07) is 6.08. The van der Waals surface area contributed by atoms with Crippen molar-refractivity contribution in [2.75, 3.05) is 52.9 Å². The van der Waals surface area contributed by atoms with Crippen LogP contribution in [0.25, 0.3) is 0 Å². The van der Waals surface area contributed by atoms with Crippen LogP contribution in [0.2, 0.25) is 0 Å². The molecule has 3 fully saturated rings. The third kappa shape index (κ3) is 7.54. The Morgan fingerprint density at radius 1 is 1.19 bits per heavy atom. The van der Waals surface area contributed by atoms with E-state index in [-0.39, 0.29) is 24.5 Å². The molecule has 10 heteroatoms. The largest absolute Gasteiger partial charge is 0.483 e. The summed E-state index contributed by atoms with van der Waals surface area (Å²) in [5.41, 5.74) is 0.981. The van der Waals surface area contributed by atoms with Gasteiger partial charge >= 0.3 is 0 Å². The molecule has 0 aromatic carbocycles. The third-order valence-corrected chi connectivity index (χ3v) is 6.18. The molecule has 1 atom stereocenters. The number of nitrogens with zero attached hydrogens (tertiary/aromatic N) is 4. The molecule has 3 saturated heterocycles. The van der Waals surface area contributed by atoms with E-state index in [1.165, 1.54) is 0 Å². The standard InChI is InChI=1S/C20H30N4O2.2CH2O2/c1-22-9-5-17(14-22)19(25)24-12-13-26-20(16-24)6-10-23(11-7-20)15-18-4-2-3-8-21-18;2*2-1-3/h2-4,8,17H,5-7,9-16H2,1H3;2*1H,(H,2,3). The number of carbonyl (C=O) groups is 3. The molecule has 1 unspecified atom stereocenters. The number of hydrogen-bond acceptors (Lipinski definition) is 7. The van der Waals surface area contributed by atoms with Crippen LogP contribution < -0.4 is 0 Å². The Bertz CT molecular complexity index is 706. The van der Waals surface area contributed by atoms with Gasteiger partial charge in [-0.25, -0.2) is 0 Å². The first-order valence-electron chi connectivity index (χ1n) is 10.9. The molecule has 0 radical (unpaired) electrons. The molecule has 1 aromatic heterocycles. The predicted molar refractivity (Wildman–Crippen MR) is 117 cm³/mol. The lowest BCUT2D eigenvalue weighted by Gasteiger charge is -2.47. The first-order chi connectivity index (χ1) is 15.5. The molecule has 0 saturated carbocycles. The molecule has 4 rings (SSSR count). The van der Waals surface area contributed by atoms with Crippen molar-refractivity contribution >= 4 is 18.9 Å². The number of morpholine rings is 1. The van der Waals surface area contributed by atoms with Gasteiger partial charge in [0.25, 0.3) is 12.9 Å². The van der Waals surface area contributed by atoms with Gasteiger partial charge in [-0.05, 0) is 45.0 Å². The quantitative estimate of drug-likeness (QED) is 0.638. The van der Waals surface area contributed by atoms with E-state index < -0.39 is 0 Å². The Morgan fingerprint density at radius 2 is 1.88 bits per heavy atom. The van der Waals surface area contributed by atoms with E-state index in [0.29, 0.717) is 12.5 Å². The van der Waals surface area contributed by atoms with Gasteiger partial charge in [0, 0.05) is 45.5 Å². The Kier molecular flexibility index (Phi) is 10.5. The zero-order valence-corrected chi connectivity index (χ0v) is 18.6. The van der Waals surface area contributed by atoms with Crippen LogP contribution >= 0.6 is 0 Å². The highest BCUT2D eigenvalue weighted by Gasteiger charge is 2.42. The number of carboxylic acid groups (broad SMARTS) is 2. The molecule has 0 bridgehead atoms. The van der Waals surface area contributed by atoms with Crippen molar-refractivity contribution in [3.8, 4) is 0 Å². The Balaban J connectivity index is 0.000000547. The van der Waals surface area contributed by atoms with Crippen molar-refractivity contribution in [3.63, 3.8) is 0 Å². The van der Waals surface area contributed by atoms with Crippen molar-refractivity contribution in [2.45, 2.75) is 31.4 Å². The maximum atomic E-state index is 12.9. The molecule has 32 heavy (non-hydrogen) atoms. The number of rotatable bonds is 3. The highest BCUT2D eigenvalue weighted by atomic mass is 16.5. The van der Waals surface area contributed by atoms with Crippen LogP contribution in [0.3, 0.4) is 0 Å². The van der Waals surface area contributed by atoms with Crippen LogP contribution in [0.4, 0.5) is 0 Å². The van der Waals surface area contributed by atoms with Gasteiger partial charge in [-0.2, -0.15) is 0 Å². The summed E-state index contributed by atoms with van der Waals surface area (Å²) < 4.78 is 6.22. The maximum absolute atomic E-state index is 12.9. The molecular weight excluding hydrogens is 416 g/mol. The highest BCUT2D eigenvalue weighted by molar-refractivity contribution is 5.79. The minimum Gasteiger partial charge on any atom is -0.483 e. The molecule has 2 N–H and O–H groups in total. The summed E-state index contributed by atoms with van der Waals surface area (Å²) in [6.45, 7) is 6.54. The summed E-state index contributed by atoms with van der Waals surface area (Å²) in [5, 5.41) is 13.8. The minimum absolute atomic E-state index is 0.140. The van der Waals surface area contributed by atoms with Crippen LogP contribution in [-0.4, -0.2) is 107 Å². The second-order valence-electron chi connectivity index (χ2n) is 8.35. The number of hydrogen-bond donors (Lipinski definition) is 2. The average Bonchev–Trinajstić information content (AvgIpc) is 3.23. The Labute approximate surface area is 188 Å². The van der Waals surface area contributed by atoms with Crippen molar-refractivity contribution in [1.82, 2.24) is 19.7 Å². The number of carbonyl (C=O) groups excluding carboxylic acids is 1. The lowest BCUT2D eigenvalue weighted by atomic mass is 9.88. The molecule has 10 nitrogen and oxygen atoms in total. The fourth-order valence-corrected chi connectivity index (χ4v) is 4.57. The Morgan fingerprint density at radius 3 is 2.44 bits per heavy atom. The van der Waals surface area contributed by atoms with E-state index in [2.05, 4.69) is 32.8 Å². The van der Waals surface area contributed by atoms with Crippen molar-refractivity contribution in [2.24, 2.45) is 5.92 Å². The van der Waals surface area contributed by atoms with Crippen molar-refractivity contribution in [1.29, 1.82) is 0 Å². The number of piperidine rings is 1. The Hall–Kier alpha value is -2.56. The maximum Gasteiger partial charge on any atom is 0.290 e. The lowest BCUT2D eigenvalue weighted by molar-refractivity contribution is -0.162. The van der Waals surface area contributed by atoms with E-state index >= 15 is 0 Å². The second kappa shape index (κ2) is 13.1. The van der Waals surface area contributed by atoms with E-state index in [0.717, 1.165) is 70.8 Å². The van der Waals surface area contributed by atoms with E-state index in [4.69, 9.17) is 24.5 Å². The molecule has 1 aromatic rings. The summed E-state index contributed by atoms with van der Waals surface area (Å²) >= 11 is 0. The molecule has 4 heterocycles. The molecule has 3 aliphatic rings. The van der Waals surface area contributed by atoms with Gasteiger partial charge in [-0.3, -0.25) is 24.3 Å². The molecule has 0 aliphatic carbocycles. The molecule has 3 aliphatic heterocycles. The van der Waals surface area contributed by atoms with Gasteiger partial charge in [-0.1, -0.05) is 6.07 Å². The zero-order chi connectivity index (χ0) is 23.4. The number of ether oxygens (including phenoxy) is 1. The smallest absolute Gasteiger partial charge is 0.290 e. The van der Waals surface area contributed by atoms with Gasteiger partial charge in [0.05, 0.1) is 23.8 Å². The van der Waals surface area contributed by atoms with Crippen LogP contribution in [-0.2, 0) is 25.7 Å². The predicted octanol–water partition coefficient (Wildman–Crippen LogP) is 0.628. The molecular formula is C22H34N4O6. The van der Waals surface area contributed by atoms with Gasteiger partial charge in [0.15, 0.2) is 0 Å². The molecule has 1 spiro atoms. The summed E-state index contributed by atoms with van der Waals surface area (Å²) in [7, 11) is 2.10. The SMILES string of the molecule is CN1CCC(C(=O)N2CCOC3(CCN(Cc4ccccn4)CC3)C2)C1.O=CO.O=CO. The van der Waals surface area contributed by atoms with E-state index in [1.807, 2.05) is 18.3 Å². The van der Waals surface area contributed by atoms with Crippen LogP contribution in [0.15, 0.2) is 24.4 Å². The lowest BCUT2D eigenvalue weighted by Crippen LogP contribution is -2.58. The van der Waals surface area contributed by atoms with Gasteiger partial charge in [0.1, 0.15) is 0 Å². The highest BCUT2D eigenvalue weighted by Crippen LogP contribution is 2.32. The van der Waals surface area contributed by atoms with E-state index in [9.17, 15) is 4.79 Å². The van der Waals surface area contributed by atoms with Gasteiger partial charge in [0.2, 0.25) is 5.91 Å². The summed E-state index contributed by atoms with van der Waals surface area (Å²) in [4.78, 5) is 40.8. The van der Waals surface area contributed by atoms with Crippen molar-refractivity contribution in [3.05, 3.63) is 30.1 Å². The fraction of sp³-hybridized carbons (Fsp3) is 0.636. The third-order valence-electron chi connectivity index (χ3n) is 6.18. The van der Waals surface area contributed by atoms with Crippen LogP contribution in [0.5, 0.6) is 0 Å². The minimum atomic E-state index is -0.250. The summed E-state index contributed by atoms with van der Waals surface area (Å²) in [5.74, 6) is 0.521. The van der Waals surface area contributed by atoms with Gasteiger partial charge in [-0.15, -0.1) is 0 Å². The summed E-state index contributed by atoms with van der Waals surface area (Å²) in [6.07, 6.45) is 4.84. The number of pyridine rings is 1. The van der Waals surface area contributed by atoms with Gasteiger partial charge < -0.3 is 24.7 Å². The normalized spacial score (nSPS) is 22.8. The topological polar surface area (TPSA) is 124 Å². The number of amides is 1. The second-order valence-corrected chi connectivity index (χ2v) is 8.35. The molecule has 178 valence electrons. The first kappa shape index (κ1) is 25.7. The fourth-order valence-electron chi connectivity index (χ4n) is 4.57. The number of likely N-dealkylation sites (tertiary alicyclic amines) is 2.